The van der Waals surface area contributed by atoms with Crippen molar-refractivity contribution in [1.82, 2.24) is 5.32 Å². The van der Waals surface area contributed by atoms with Crippen LogP contribution in [0.2, 0.25) is 5.02 Å². The maximum absolute atomic E-state index is 11.8. The molecule has 1 aromatic carbocycles. The first-order chi connectivity index (χ1) is 9.31. The van der Waals surface area contributed by atoms with Crippen LogP contribution in [0.4, 0.5) is 10.5 Å². The van der Waals surface area contributed by atoms with Crippen LogP contribution in [0, 0.1) is 11.8 Å². The Kier molecular flexibility index (Phi) is 5.82. The lowest BCUT2D eigenvalue weighted by Crippen LogP contribution is -2.34. The molecule has 6 heteroatoms. The number of carboxylic acid groups (broad SMARTS) is 1. The molecule has 0 heterocycles. The van der Waals surface area contributed by atoms with Crippen LogP contribution in [0.1, 0.15) is 31.1 Å². The van der Waals surface area contributed by atoms with Gasteiger partial charge in [0.2, 0.25) is 0 Å². The van der Waals surface area contributed by atoms with E-state index in [9.17, 15) is 9.59 Å². The predicted molar refractivity (Wildman–Crippen MR) is 79.4 cm³/mol. The molecular weight excluding hydrogens is 280 g/mol. The van der Waals surface area contributed by atoms with Gasteiger partial charge < -0.3 is 15.7 Å². The molecule has 1 unspecified atom stereocenters. The molecule has 20 heavy (non-hydrogen) atoms. The summed E-state index contributed by atoms with van der Waals surface area (Å²) in [5.74, 6) is -0.331. The van der Waals surface area contributed by atoms with Gasteiger partial charge in [-0.25, -0.2) is 9.59 Å². The van der Waals surface area contributed by atoms with Crippen LogP contribution >= 0.6 is 11.6 Å². The van der Waals surface area contributed by atoms with Crippen molar-refractivity contribution in [3.63, 3.8) is 0 Å². The van der Waals surface area contributed by atoms with Gasteiger partial charge in [-0.2, -0.15) is 0 Å². The van der Waals surface area contributed by atoms with Crippen molar-refractivity contribution in [3.05, 3.63) is 28.8 Å². The van der Waals surface area contributed by atoms with Gasteiger partial charge in [0, 0.05) is 11.6 Å². The van der Waals surface area contributed by atoms with Crippen molar-refractivity contribution in [2.75, 3.05) is 11.9 Å². The van der Waals surface area contributed by atoms with Crippen molar-refractivity contribution >= 4 is 29.3 Å². The van der Waals surface area contributed by atoms with Crippen molar-refractivity contribution in [3.8, 4) is 0 Å². The molecule has 5 nitrogen and oxygen atoms in total. The van der Waals surface area contributed by atoms with E-state index in [-0.39, 0.29) is 11.3 Å². The number of benzene rings is 1. The molecule has 0 aliphatic heterocycles. The van der Waals surface area contributed by atoms with E-state index in [0.717, 1.165) is 0 Å². The lowest BCUT2D eigenvalue weighted by atomic mass is 9.98. The minimum absolute atomic E-state index is 0.00135. The number of anilines is 1. The van der Waals surface area contributed by atoms with Crippen LogP contribution < -0.4 is 10.6 Å². The van der Waals surface area contributed by atoms with E-state index in [1.54, 1.807) is 0 Å². The molecule has 0 saturated carbocycles. The highest BCUT2D eigenvalue weighted by atomic mass is 35.5. The maximum atomic E-state index is 11.8. The van der Waals surface area contributed by atoms with Crippen molar-refractivity contribution in [1.29, 1.82) is 0 Å². The summed E-state index contributed by atoms with van der Waals surface area (Å²) < 4.78 is 0. The lowest BCUT2D eigenvalue weighted by molar-refractivity contribution is 0.0698. The number of hydrogen-bond acceptors (Lipinski definition) is 2. The van der Waals surface area contributed by atoms with Gasteiger partial charge in [0.05, 0.1) is 11.3 Å². The molecule has 2 amide bonds. The summed E-state index contributed by atoms with van der Waals surface area (Å²) in [6, 6.07) is 3.80. The van der Waals surface area contributed by atoms with Gasteiger partial charge in [-0.05, 0) is 30.0 Å². The van der Waals surface area contributed by atoms with Gasteiger partial charge in [0.15, 0.2) is 0 Å². The van der Waals surface area contributed by atoms with Gasteiger partial charge in [-0.3, -0.25) is 0 Å². The summed E-state index contributed by atoms with van der Waals surface area (Å²) in [6.45, 7) is 6.70. The Morgan fingerprint density at radius 1 is 1.30 bits per heavy atom. The van der Waals surface area contributed by atoms with E-state index in [1.165, 1.54) is 18.2 Å². The maximum Gasteiger partial charge on any atom is 0.337 e. The van der Waals surface area contributed by atoms with E-state index in [2.05, 4.69) is 24.5 Å². The number of rotatable bonds is 5. The van der Waals surface area contributed by atoms with Crippen LogP contribution in [-0.2, 0) is 0 Å². The third-order valence-corrected chi connectivity index (χ3v) is 3.42. The SMILES string of the molecule is CC(C)C(C)CNC(=O)Nc1cc(Cl)ccc1C(=O)O. The molecule has 110 valence electrons. The molecule has 0 bridgehead atoms. The second kappa shape index (κ2) is 7.14. The smallest absolute Gasteiger partial charge is 0.337 e. The number of urea groups is 1. The monoisotopic (exact) mass is 298 g/mol. The zero-order valence-corrected chi connectivity index (χ0v) is 12.5. The summed E-state index contributed by atoms with van der Waals surface area (Å²) in [7, 11) is 0. The van der Waals surface area contributed by atoms with Crippen molar-refractivity contribution in [2.45, 2.75) is 20.8 Å². The fourth-order valence-electron chi connectivity index (χ4n) is 1.46. The standard InChI is InChI=1S/C14H19ClN2O3/c1-8(2)9(3)7-16-14(20)17-12-6-10(15)4-5-11(12)13(18)19/h4-6,8-9H,7H2,1-3H3,(H,18,19)(H2,16,17,20). The molecule has 0 saturated heterocycles. The molecule has 0 aliphatic carbocycles. The van der Waals surface area contributed by atoms with E-state index in [0.29, 0.717) is 23.4 Å². The van der Waals surface area contributed by atoms with E-state index >= 15 is 0 Å². The quantitative estimate of drug-likeness (QED) is 0.779. The van der Waals surface area contributed by atoms with Gasteiger partial charge in [-0.15, -0.1) is 0 Å². The Balaban J connectivity index is 2.70. The third-order valence-electron chi connectivity index (χ3n) is 3.18. The largest absolute Gasteiger partial charge is 0.478 e. The summed E-state index contributed by atoms with van der Waals surface area (Å²) in [4.78, 5) is 22.8. The predicted octanol–water partition coefficient (Wildman–Crippen LogP) is 3.45. The average molecular weight is 299 g/mol. The normalized spacial score (nSPS) is 12.1. The fourth-order valence-corrected chi connectivity index (χ4v) is 1.63. The first-order valence-electron chi connectivity index (χ1n) is 6.39. The minimum atomic E-state index is -1.12. The van der Waals surface area contributed by atoms with E-state index in [1.807, 2.05) is 6.92 Å². The van der Waals surface area contributed by atoms with Crippen LogP contribution in [-0.4, -0.2) is 23.7 Å². The molecule has 0 fully saturated rings. The van der Waals surface area contributed by atoms with Gasteiger partial charge in [-0.1, -0.05) is 32.4 Å². The Bertz CT molecular complexity index is 503. The fraction of sp³-hybridized carbons (Fsp3) is 0.429. The molecule has 0 aromatic heterocycles. The van der Waals surface area contributed by atoms with Crippen molar-refractivity contribution in [2.24, 2.45) is 11.8 Å². The number of carbonyl (C=O) groups excluding carboxylic acids is 1. The molecule has 3 N–H and O–H groups in total. The topological polar surface area (TPSA) is 78.4 Å². The highest BCUT2D eigenvalue weighted by molar-refractivity contribution is 6.31. The summed E-state index contributed by atoms with van der Waals surface area (Å²) in [5.41, 5.74) is 0.182. The van der Waals surface area contributed by atoms with Crippen LogP contribution in [0.15, 0.2) is 18.2 Å². The zero-order valence-electron chi connectivity index (χ0n) is 11.7. The number of nitrogens with one attached hydrogen (secondary N) is 2. The highest BCUT2D eigenvalue weighted by Crippen LogP contribution is 2.21. The first-order valence-corrected chi connectivity index (χ1v) is 6.76. The van der Waals surface area contributed by atoms with E-state index in [4.69, 9.17) is 16.7 Å². The summed E-state index contributed by atoms with van der Waals surface area (Å²) in [6.07, 6.45) is 0. The van der Waals surface area contributed by atoms with Gasteiger partial charge in [0.1, 0.15) is 0 Å². The molecule has 1 aromatic rings. The van der Waals surface area contributed by atoms with E-state index < -0.39 is 12.0 Å². The Labute approximate surface area is 123 Å². The third kappa shape index (κ3) is 4.74. The average Bonchev–Trinajstić information content (AvgIpc) is 2.35. The number of aromatic carboxylic acids is 1. The Hall–Kier alpha value is -1.75. The molecular formula is C14H19ClN2O3. The molecule has 0 aliphatic rings. The van der Waals surface area contributed by atoms with Crippen LogP contribution in [0.5, 0.6) is 0 Å². The number of hydrogen-bond donors (Lipinski definition) is 3. The number of carbonyl (C=O) groups is 2. The van der Waals surface area contributed by atoms with Gasteiger partial charge in [0.25, 0.3) is 0 Å². The molecule has 1 atom stereocenters. The van der Waals surface area contributed by atoms with Crippen LogP contribution in [0.3, 0.4) is 0 Å². The number of amides is 2. The number of carboxylic acids is 1. The highest BCUT2D eigenvalue weighted by Gasteiger charge is 2.14. The summed E-state index contributed by atoms with van der Waals surface area (Å²) in [5, 5.41) is 14.6. The van der Waals surface area contributed by atoms with Crippen molar-refractivity contribution < 1.29 is 14.7 Å². The summed E-state index contributed by atoms with van der Waals surface area (Å²) >= 11 is 5.81. The Morgan fingerprint density at radius 3 is 2.50 bits per heavy atom. The zero-order chi connectivity index (χ0) is 15.3. The first kappa shape index (κ1) is 16.3. The molecule has 1 rings (SSSR count). The minimum Gasteiger partial charge on any atom is -0.478 e. The second-order valence-electron chi connectivity index (χ2n) is 5.05. The number of halogens is 1. The Morgan fingerprint density at radius 2 is 1.95 bits per heavy atom. The lowest BCUT2D eigenvalue weighted by Gasteiger charge is -2.16. The second-order valence-corrected chi connectivity index (χ2v) is 5.49. The molecule has 0 spiro atoms. The van der Waals surface area contributed by atoms with Crippen LogP contribution in [0.25, 0.3) is 0 Å². The van der Waals surface area contributed by atoms with Gasteiger partial charge >= 0.3 is 12.0 Å². The molecule has 0 radical (unpaired) electrons.